The number of amides is 1. The lowest BCUT2D eigenvalue weighted by Gasteiger charge is -2.34. The molecule has 1 aromatic rings. The third-order valence-corrected chi connectivity index (χ3v) is 8.21. The Morgan fingerprint density at radius 3 is 2.65 bits per heavy atom. The summed E-state index contributed by atoms with van der Waals surface area (Å²) in [5.41, 5.74) is -2.42. The molecule has 0 aromatic heterocycles. The maximum Gasteiger partial charge on any atom is 0.331 e. The van der Waals surface area contributed by atoms with E-state index in [1.807, 2.05) is 0 Å². The van der Waals surface area contributed by atoms with Crippen LogP contribution in [0.15, 0.2) is 41.3 Å². The van der Waals surface area contributed by atoms with Crippen LogP contribution in [0.2, 0.25) is 0 Å². The van der Waals surface area contributed by atoms with Gasteiger partial charge in [0.15, 0.2) is 10.9 Å². The predicted molar refractivity (Wildman–Crippen MR) is 112 cm³/mol. The normalized spacial score (nSPS) is 30.2. The molecule has 5 atom stereocenters. The van der Waals surface area contributed by atoms with Crippen molar-refractivity contribution < 1.29 is 41.9 Å². The van der Waals surface area contributed by atoms with Crippen LogP contribution in [0.25, 0.3) is 0 Å². The van der Waals surface area contributed by atoms with E-state index < -0.39 is 79.5 Å². The summed E-state index contributed by atoms with van der Waals surface area (Å²) >= 11 is 0. The van der Waals surface area contributed by atoms with Crippen molar-refractivity contribution in [1.29, 1.82) is 0 Å². The molecule has 1 amide bonds. The Labute approximate surface area is 193 Å². The van der Waals surface area contributed by atoms with Crippen LogP contribution in [-0.2, 0) is 38.6 Å². The van der Waals surface area contributed by atoms with Crippen molar-refractivity contribution in [2.24, 2.45) is 5.92 Å². The Bertz CT molecular complexity index is 1200. The standard InChI is InChI=1S/C20H21N3O10S/c1-31-14(24)10-20-15(18(25)21-17(20)19(26)32-2)16-12(33-20)7-5-9-22(16)34(29,30)13-8-4-3-6-11(13)23(27)28/h3-8,12,15-17H,9-10H2,1-2H3,(H,21,25)/t12-,15+,16+,17-,20+/m1/s1. The maximum atomic E-state index is 13.6. The molecule has 14 heteroatoms. The van der Waals surface area contributed by atoms with Gasteiger partial charge < -0.3 is 19.5 Å². The molecule has 1 aromatic carbocycles. The number of esters is 2. The molecule has 34 heavy (non-hydrogen) atoms. The van der Waals surface area contributed by atoms with E-state index in [9.17, 15) is 32.9 Å². The molecule has 0 unspecified atom stereocenters. The van der Waals surface area contributed by atoms with Gasteiger partial charge >= 0.3 is 11.9 Å². The van der Waals surface area contributed by atoms with Crippen LogP contribution in [0.4, 0.5) is 5.69 Å². The van der Waals surface area contributed by atoms with E-state index in [1.165, 1.54) is 24.3 Å². The van der Waals surface area contributed by atoms with Crippen molar-refractivity contribution in [3.05, 3.63) is 46.5 Å². The van der Waals surface area contributed by atoms with Crippen LogP contribution in [0.5, 0.6) is 0 Å². The van der Waals surface area contributed by atoms with E-state index >= 15 is 0 Å². The Kier molecular flexibility index (Phi) is 5.91. The van der Waals surface area contributed by atoms with Crippen molar-refractivity contribution in [3.63, 3.8) is 0 Å². The lowest BCUT2D eigenvalue weighted by atomic mass is 9.79. The first kappa shape index (κ1) is 23.8. The van der Waals surface area contributed by atoms with E-state index in [-0.39, 0.29) is 6.54 Å². The number of hydrogen-bond acceptors (Lipinski definition) is 10. The molecule has 0 radical (unpaired) electrons. The van der Waals surface area contributed by atoms with Gasteiger partial charge in [-0.15, -0.1) is 0 Å². The van der Waals surface area contributed by atoms with Crippen molar-refractivity contribution in [2.45, 2.75) is 35.1 Å². The number of hydrogen-bond donors (Lipinski definition) is 1. The number of sulfonamides is 1. The van der Waals surface area contributed by atoms with Crippen molar-refractivity contribution >= 4 is 33.6 Å². The molecule has 3 heterocycles. The molecular formula is C20H21N3O10S. The first-order chi connectivity index (χ1) is 16.1. The topological polar surface area (TPSA) is 171 Å². The van der Waals surface area contributed by atoms with Crippen LogP contribution >= 0.6 is 0 Å². The second kappa shape index (κ2) is 8.45. The SMILES string of the molecule is COC(=O)C[C@]12O[C@@H]3C=CCN(S(=O)(=O)c4ccccc4[N+](=O)[O-])[C@@H]3[C@H]1C(=O)N[C@@H]2C(=O)OC. The Morgan fingerprint density at radius 2 is 2.00 bits per heavy atom. The summed E-state index contributed by atoms with van der Waals surface area (Å²) in [5, 5.41) is 13.9. The highest BCUT2D eigenvalue weighted by Gasteiger charge is 2.71. The molecule has 0 saturated carbocycles. The fourth-order valence-corrected chi connectivity index (χ4v) is 6.65. The van der Waals surface area contributed by atoms with Gasteiger partial charge in [0, 0.05) is 12.6 Å². The van der Waals surface area contributed by atoms with Crippen LogP contribution in [0.1, 0.15) is 6.42 Å². The Morgan fingerprint density at radius 1 is 1.29 bits per heavy atom. The summed E-state index contributed by atoms with van der Waals surface area (Å²) < 4.78 is 43.8. The smallest absolute Gasteiger partial charge is 0.331 e. The van der Waals surface area contributed by atoms with Crippen LogP contribution in [-0.4, -0.2) is 80.0 Å². The maximum absolute atomic E-state index is 13.6. The number of benzene rings is 1. The molecule has 1 N–H and O–H groups in total. The number of fused-ring (bicyclic) bond motifs is 3. The van der Waals surface area contributed by atoms with Gasteiger partial charge in [-0.1, -0.05) is 24.3 Å². The molecule has 0 aliphatic carbocycles. The van der Waals surface area contributed by atoms with E-state index in [0.717, 1.165) is 30.7 Å². The molecule has 3 aliphatic rings. The first-order valence-electron chi connectivity index (χ1n) is 10.1. The highest BCUT2D eigenvalue weighted by molar-refractivity contribution is 7.89. The van der Waals surface area contributed by atoms with Crippen LogP contribution in [0, 0.1) is 16.0 Å². The molecule has 2 fully saturated rings. The van der Waals surface area contributed by atoms with E-state index in [4.69, 9.17) is 14.2 Å². The summed E-state index contributed by atoms with van der Waals surface area (Å²) in [7, 11) is -2.29. The number of nitrogens with zero attached hydrogens (tertiary/aromatic N) is 2. The van der Waals surface area contributed by atoms with Gasteiger partial charge in [0.05, 0.1) is 43.6 Å². The lowest BCUT2D eigenvalue weighted by molar-refractivity contribution is -0.387. The second-order valence-corrected chi connectivity index (χ2v) is 9.81. The molecule has 2 saturated heterocycles. The largest absolute Gasteiger partial charge is 0.469 e. The molecule has 4 rings (SSSR count). The van der Waals surface area contributed by atoms with Crippen molar-refractivity contribution in [2.75, 3.05) is 20.8 Å². The van der Waals surface area contributed by atoms with Gasteiger partial charge in [-0.3, -0.25) is 19.7 Å². The average molecular weight is 495 g/mol. The summed E-state index contributed by atoms with van der Waals surface area (Å²) in [6.45, 7) is -0.208. The zero-order valence-electron chi connectivity index (χ0n) is 18.1. The molecule has 182 valence electrons. The number of carbonyl (C=O) groups excluding carboxylic acids is 3. The third-order valence-electron chi connectivity index (χ3n) is 6.30. The Hall–Kier alpha value is -3.36. The fourth-order valence-electron chi connectivity index (χ4n) is 4.90. The van der Waals surface area contributed by atoms with Gasteiger partial charge in [-0.25, -0.2) is 13.2 Å². The first-order valence-corrected chi connectivity index (χ1v) is 11.6. The number of nitro groups is 1. The summed E-state index contributed by atoms with van der Waals surface area (Å²) in [4.78, 5) is 48.0. The lowest BCUT2D eigenvalue weighted by Crippen LogP contribution is -2.54. The number of rotatable bonds is 6. The second-order valence-electron chi connectivity index (χ2n) is 7.95. The number of para-hydroxylation sites is 1. The van der Waals surface area contributed by atoms with Gasteiger partial charge in [0.2, 0.25) is 5.91 Å². The molecule has 0 bridgehead atoms. The van der Waals surface area contributed by atoms with Gasteiger partial charge in [0.25, 0.3) is 15.7 Å². The van der Waals surface area contributed by atoms with Crippen molar-refractivity contribution in [3.8, 4) is 0 Å². The van der Waals surface area contributed by atoms with E-state index in [0.29, 0.717) is 0 Å². The average Bonchev–Trinajstić information content (AvgIpc) is 3.29. The minimum atomic E-state index is -4.51. The number of nitro benzene ring substituents is 1. The zero-order valence-corrected chi connectivity index (χ0v) is 18.9. The number of carbonyl (C=O) groups is 3. The van der Waals surface area contributed by atoms with Gasteiger partial charge in [-0.2, -0.15) is 4.31 Å². The highest BCUT2D eigenvalue weighted by atomic mass is 32.2. The molecule has 13 nitrogen and oxygen atoms in total. The quantitative estimate of drug-likeness (QED) is 0.235. The minimum absolute atomic E-state index is 0.208. The fraction of sp³-hybridized carbons (Fsp3) is 0.450. The van der Waals surface area contributed by atoms with Crippen LogP contribution < -0.4 is 5.32 Å². The molecule has 0 spiro atoms. The predicted octanol–water partition coefficient (Wildman–Crippen LogP) is -0.488. The highest BCUT2D eigenvalue weighted by Crippen LogP contribution is 2.50. The zero-order chi connectivity index (χ0) is 24.8. The third kappa shape index (κ3) is 3.45. The van der Waals surface area contributed by atoms with Gasteiger partial charge in [0.1, 0.15) is 5.60 Å². The van der Waals surface area contributed by atoms with E-state index in [2.05, 4.69) is 5.32 Å². The van der Waals surface area contributed by atoms with E-state index in [1.54, 1.807) is 0 Å². The summed E-state index contributed by atoms with van der Waals surface area (Å²) in [5.74, 6) is -3.69. The number of ether oxygens (including phenoxy) is 3. The number of methoxy groups -OCH3 is 2. The van der Waals surface area contributed by atoms with Crippen LogP contribution in [0.3, 0.4) is 0 Å². The van der Waals surface area contributed by atoms with Crippen molar-refractivity contribution in [1.82, 2.24) is 9.62 Å². The molecule has 3 aliphatic heterocycles. The molecular weight excluding hydrogens is 474 g/mol. The minimum Gasteiger partial charge on any atom is -0.469 e. The summed E-state index contributed by atoms with van der Waals surface area (Å²) in [6.07, 6.45) is 1.46. The summed E-state index contributed by atoms with van der Waals surface area (Å²) in [6, 6.07) is 2.26. The monoisotopic (exact) mass is 495 g/mol. The number of nitrogens with one attached hydrogen (secondary N) is 1. The Balaban J connectivity index is 1.84. The van der Waals surface area contributed by atoms with Gasteiger partial charge in [-0.05, 0) is 6.07 Å².